The van der Waals surface area contributed by atoms with Gasteiger partial charge in [0.1, 0.15) is 0 Å². The molecule has 0 atom stereocenters. The Morgan fingerprint density at radius 3 is 2.42 bits per heavy atom. The van der Waals surface area contributed by atoms with Gasteiger partial charge in [0.05, 0.1) is 4.91 Å². The number of aryl methyl sites for hydroxylation is 2. The minimum atomic E-state index is -0.250. The van der Waals surface area contributed by atoms with Crippen molar-refractivity contribution in [1.82, 2.24) is 4.90 Å². The van der Waals surface area contributed by atoms with E-state index in [9.17, 15) is 9.59 Å². The molecule has 0 saturated carbocycles. The Kier molecular flexibility index (Phi) is 4.07. The fraction of sp³-hybridized carbons (Fsp3) is 0.286. The number of rotatable bonds is 3. The van der Waals surface area contributed by atoms with E-state index in [-0.39, 0.29) is 24.2 Å². The zero-order valence-electron chi connectivity index (χ0n) is 11.0. The van der Waals surface area contributed by atoms with Gasteiger partial charge in [-0.1, -0.05) is 29.3 Å². The molecule has 0 unspecified atom stereocenters. The van der Waals surface area contributed by atoms with Gasteiger partial charge in [-0.05, 0) is 37.2 Å². The number of carbonyl (C=O) groups excluding carboxylic acids is 2. The third kappa shape index (κ3) is 3.05. The van der Waals surface area contributed by atoms with Crippen LogP contribution in [0.3, 0.4) is 0 Å². The van der Waals surface area contributed by atoms with Gasteiger partial charge in [0.15, 0.2) is 0 Å². The topological polar surface area (TPSA) is 63.4 Å². The van der Waals surface area contributed by atoms with Crippen LogP contribution in [-0.2, 0) is 4.79 Å². The molecule has 0 radical (unpaired) electrons. The minimum absolute atomic E-state index is 0.244. The maximum Gasteiger partial charge on any atom is 0.293 e. The molecule has 100 valence electrons. The van der Waals surface area contributed by atoms with Crippen molar-refractivity contribution in [3.8, 4) is 0 Å². The Balaban J connectivity index is 2.29. The Labute approximate surface area is 116 Å². The van der Waals surface area contributed by atoms with Crippen LogP contribution in [0, 0.1) is 13.8 Å². The average molecular weight is 276 g/mol. The molecule has 1 aliphatic rings. The monoisotopic (exact) mass is 276 g/mol. The maximum atomic E-state index is 12.0. The highest BCUT2D eigenvalue weighted by Crippen LogP contribution is 2.32. The Bertz CT molecular complexity index is 546. The molecule has 1 fully saturated rings. The van der Waals surface area contributed by atoms with E-state index in [2.05, 4.69) is 6.07 Å². The van der Waals surface area contributed by atoms with Crippen molar-refractivity contribution in [3.05, 3.63) is 39.8 Å². The van der Waals surface area contributed by atoms with Gasteiger partial charge in [0.25, 0.3) is 11.1 Å². The molecule has 19 heavy (non-hydrogen) atoms. The molecule has 1 aromatic rings. The molecule has 5 heteroatoms. The van der Waals surface area contributed by atoms with Crippen molar-refractivity contribution >= 4 is 29.0 Å². The molecule has 2 amide bonds. The summed E-state index contributed by atoms with van der Waals surface area (Å²) in [6, 6.07) is 6.05. The number of benzene rings is 1. The van der Waals surface area contributed by atoms with Crippen molar-refractivity contribution in [1.29, 1.82) is 0 Å². The van der Waals surface area contributed by atoms with E-state index in [1.54, 1.807) is 6.08 Å². The lowest BCUT2D eigenvalue weighted by atomic mass is 10.1. The highest BCUT2D eigenvalue weighted by atomic mass is 32.2. The first kappa shape index (κ1) is 13.8. The van der Waals surface area contributed by atoms with Gasteiger partial charge in [-0.3, -0.25) is 14.5 Å². The second-order valence-electron chi connectivity index (χ2n) is 4.54. The first-order valence-corrected chi connectivity index (χ1v) is 6.86. The summed E-state index contributed by atoms with van der Waals surface area (Å²) in [4.78, 5) is 25.4. The lowest BCUT2D eigenvalue weighted by molar-refractivity contribution is -0.122. The van der Waals surface area contributed by atoms with E-state index in [4.69, 9.17) is 5.73 Å². The van der Waals surface area contributed by atoms with E-state index in [0.717, 1.165) is 28.5 Å². The highest BCUT2D eigenvalue weighted by molar-refractivity contribution is 8.18. The first-order valence-electron chi connectivity index (χ1n) is 6.05. The first-order chi connectivity index (χ1) is 9.01. The van der Waals surface area contributed by atoms with E-state index in [1.807, 2.05) is 26.0 Å². The number of imide groups is 1. The Morgan fingerprint density at radius 2 is 1.84 bits per heavy atom. The van der Waals surface area contributed by atoms with Crippen LogP contribution in [0.15, 0.2) is 23.1 Å². The van der Waals surface area contributed by atoms with E-state index >= 15 is 0 Å². The standard InChI is InChI=1S/C14H16N2O2S/c1-9-5-10(2)7-11(6-9)8-12-13(17)16(4-3-15)14(18)19-12/h5-8H,3-4,15H2,1-2H3. The smallest absolute Gasteiger partial charge is 0.293 e. The van der Waals surface area contributed by atoms with E-state index in [1.165, 1.54) is 4.90 Å². The largest absolute Gasteiger partial charge is 0.329 e. The molecule has 0 aliphatic carbocycles. The van der Waals surface area contributed by atoms with Gasteiger partial charge < -0.3 is 5.73 Å². The second kappa shape index (κ2) is 5.59. The minimum Gasteiger partial charge on any atom is -0.329 e. The molecule has 2 N–H and O–H groups in total. The lowest BCUT2D eigenvalue weighted by Crippen LogP contribution is -2.33. The summed E-state index contributed by atoms with van der Waals surface area (Å²) < 4.78 is 0. The summed E-state index contributed by atoms with van der Waals surface area (Å²) in [5.74, 6) is -0.250. The zero-order valence-corrected chi connectivity index (χ0v) is 11.8. The van der Waals surface area contributed by atoms with Crippen LogP contribution in [0.25, 0.3) is 6.08 Å². The molecule has 4 nitrogen and oxygen atoms in total. The molecular weight excluding hydrogens is 260 g/mol. The summed E-state index contributed by atoms with van der Waals surface area (Å²) in [5, 5.41) is -0.244. The van der Waals surface area contributed by atoms with Gasteiger partial charge in [0, 0.05) is 13.1 Å². The zero-order chi connectivity index (χ0) is 14.0. The van der Waals surface area contributed by atoms with Crippen molar-refractivity contribution < 1.29 is 9.59 Å². The van der Waals surface area contributed by atoms with Crippen molar-refractivity contribution in [2.75, 3.05) is 13.1 Å². The van der Waals surface area contributed by atoms with Crippen LogP contribution in [0.4, 0.5) is 4.79 Å². The van der Waals surface area contributed by atoms with Crippen LogP contribution >= 0.6 is 11.8 Å². The molecule has 1 aromatic carbocycles. The molecule has 0 aromatic heterocycles. The van der Waals surface area contributed by atoms with Gasteiger partial charge in [-0.2, -0.15) is 0 Å². The van der Waals surface area contributed by atoms with Gasteiger partial charge >= 0.3 is 0 Å². The Hall–Kier alpha value is -1.59. The second-order valence-corrected chi connectivity index (χ2v) is 5.54. The van der Waals surface area contributed by atoms with Crippen molar-refractivity contribution in [2.24, 2.45) is 5.73 Å². The van der Waals surface area contributed by atoms with Crippen LogP contribution < -0.4 is 5.73 Å². The van der Waals surface area contributed by atoms with Crippen LogP contribution in [0.5, 0.6) is 0 Å². The average Bonchev–Trinajstić information content (AvgIpc) is 2.56. The predicted octanol–water partition coefficient (Wildman–Crippen LogP) is 2.30. The Morgan fingerprint density at radius 1 is 1.21 bits per heavy atom. The summed E-state index contributed by atoms with van der Waals surface area (Å²) in [7, 11) is 0. The van der Waals surface area contributed by atoms with Crippen molar-refractivity contribution in [2.45, 2.75) is 13.8 Å². The SMILES string of the molecule is Cc1cc(C)cc(C=C2SC(=O)N(CCN)C2=O)c1. The predicted molar refractivity (Wildman–Crippen MR) is 77.6 cm³/mol. The maximum absolute atomic E-state index is 12.0. The van der Waals surface area contributed by atoms with Crippen LogP contribution in [0.1, 0.15) is 16.7 Å². The van der Waals surface area contributed by atoms with Crippen molar-refractivity contribution in [3.63, 3.8) is 0 Å². The fourth-order valence-electron chi connectivity index (χ4n) is 2.07. The molecular formula is C14H16N2O2S. The van der Waals surface area contributed by atoms with Gasteiger partial charge in [0.2, 0.25) is 0 Å². The number of hydrogen-bond acceptors (Lipinski definition) is 4. The number of thioether (sulfide) groups is 1. The summed E-state index contributed by atoms with van der Waals surface area (Å²) in [5.41, 5.74) is 8.60. The number of nitrogens with zero attached hydrogens (tertiary/aromatic N) is 1. The highest BCUT2D eigenvalue weighted by Gasteiger charge is 2.34. The summed E-state index contributed by atoms with van der Waals surface area (Å²) >= 11 is 0.971. The molecule has 1 aliphatic heterocycles. The summed E-state index contributed by atoms with van der Waals surface area (Å²) in [6.07, 6.45) is 1.77. The normalized spacial score (nSPS) is 17.6. The number of nitrogens with two attached hydrogens (primary N) is 1. The molecule has 1 heterocycles. The number of amides is 2. The molecule has 2 rings (SSSR count). The van der Waals surface area contributed by atoms with Crippen LogP contribution in [0.2, 0.25) is 0 Å². The van der Waals surface area contributed by atoms with E-state index in [0.29, 0.717) is 4.91 Å². The van der Waals surface area contributed by atoms with Crippen LogP contribution in [-0.4, -0.2) is 29.1 Å². The lowest BCUT2D eigenvalue weighted by Gasteiger charge is -2.09. The molecule has 1 saturated heterocycles. The quantitative estimate of drug-likeness (QED) is 0.860. The number of carbonyl (C=O) groups is 2. The fourth-order valence-corrected chi connectivity index (χ4v) is 2.93. The molecule has 0 spiro atoms. The summed E-state index contributed by atoms with van der Waals surface area (Å²) in [6.45, 7) is 4.57. The van der Waals surface area contributed by atoms with Gasteiger partial charge in [-0.15, -0.1) is 0 Å². The van der Waals surface area contributed by atoms with Gasteiger partial charge in [-0.25, -0.2) is 0 Å². The third-order valence-electron chi connectivity index (χ3n) is 2.77. The number of hydrogen-bond donors (Lipinski definition) is 1. The third-order valence-corrected chi connectivity index (χ3v) is 3.68. The molecule has 0 bridgehead atoms. The van der Waals surface area contributed by atoms with E-state index < -0.39 is 0 Å².